The average Bonchev–Trinajstić information content (AvgIpc) is 2.73. The van der Waals surface area contributed by atoms with Gasteiger partial charge in [-0.15, -0.1) is 0 Å². The van der Waals surface area contributed by atoms with Gasteiger partial charge >= 0.3 is 0 Å². The van der Waals surface area contributed by atoms with Crippen molar-refractivity contribution in [3.05, 3.63) is 59.4 Å². The van der Waals surface area contributed by atoms with Gasteiger partial charge in [0.2, 0.25) is 0 Å². The van der Waals surface area contributed by atoms with Gasteiger partial charge in [-0.3, -0.25) is 14.6 Å². The standard InChI is InChI=1S/C23H29N3O2/c1-4-21-7-5-6-12-26(21)23(28)19-13-18(14-24-15-19)22(27)25-20-10-8-17(9-11-20)16(2)3/h8-11,13-16,21H,4-7,12H2,1-3H3,(H,25,27). The highest BCUT2D eigenvalue weighted by molar-refractivity contribution is 6.05. The third kappa shape index (κ3) is 4.58. The largest absolute Gasteiger partial charge is 0.336 e. The fourth-order valence-corrected chi connectivity index (χ4v) is 3.69. The zero-order valence-corrected chi connectivity index (χ0v) is 16.9. The van der Waals surface area contributed by atoms with Crippen LogP contribution in [0.15, 0.2) is 42.7 Å². The van der Waals surface area contributed by atoms with Crippen molar-refractivity contribution in [3.8, 4) is 0 Å². The Balaban J connectivity index is 1.73. The average molecular weight is 380 g/mol. The molecule has 1 N–H and O–H groups in total. The zero-order valence-electron chi connectivity index (χ0n) is 16.9. The Morgan fingerprint density at radius 2 is 1.86 bits per heavy atom. The van der Waals surface area contributed by atoms with E-state index < -0.39 is 0 Å². The summed E-state index contributed by atoms with van der Waals surface area (Å²) < 4.78 is 0. The number of carbonyl (C=O) groups excluding carboxylic acids is 2. The van der Waals surface area contributed by atoms with Crippen molar-refractivity contribution in [2.45, 2.75) is 58.4 Å². The molecule has 148 valence electrons. The van der Waals surface area contributed by atoms with Crippen LogP contribution < -0.4 is 5.32 Å². The number of nitrogens with zero attached hydrogens (tertiary/aromatic N) is 2. The monoisotopic (exact) mass is 379 g/mol. The molecule has 1 aliphatic heterocycles. The lowest BCUT2D eigenvalue weighted by Gasteiger charge is -2.35. The number of likely N-dealkylation sites (tertiary alicyclic amines) is 1. The highest BCUT2D eigenvalue weighted by Crippen LogP contribution is 2.22. The number of anilines is 1. The minimum absolute atomic E-state index is 0.0324. The first kappa shape index (κ1) is 20.1. The molecule has 0 spiro atoms. The maximum atomic E-state index is 13.0. The molecule has 1 saturated heterocycles. The van der Waals surface area contributed by atoms with E-state index in [1.54, 1.807) is 12.3 Å². The van der Waals surface area contributed by atoms with Crippen molar-refractivity contribution in [2.24, 2.45) is 0 Å². The van der Waals surface area contributed by atoms with E-state index in [0.717, 1.165) is 31.5 Å². The predicted molar refractivity (Wildman–Crippen MR) is 112 cm³/mol. The molecule has 3 rings (SSSR count). The van der Waals surface area contributed by atoms with E-state index in [0.29, 0.717) is 17.0 Å². The predicted octanol–water partition coefficient (Wildman–Crippen LogP) is 4.86. The number of benzene rings is 1. The zero-order chi connectivity index (χ0) is 20.1. The molecular formula is C23H29N3O2. The Kier molecular flexibility index (Phi) is 6.45. The molecule has 5 heteroatoms. The maximum absolute atomic E-state index is 13.0. The summed E-state index contributed by atoms with van der Waals surface area (Å²) in [7, 11) is 0. The van der Waals surface area contributed by atoms with Crippen LogP contribution in [0.4, 0.5) is 5.69 Å². The molecule has 1 atom stereocenters. The molecule has 1 unspecified atom stereocenters. The van der Waals surface area contributed by atoms with E-state index >= 15 is 0 Å². The highest BCUT2D eigenvalue weighted by Gasteiger charge is 2.26. The molecule has 1 aromatic heterocycles. The van der Waals surface area contributed by atoms with Crippen LogP contribution in [0, 0.1) is 0 Å². The minimum atomic E-state index is -0.259. The molecule has 0 bridgehead atoms. The third-order valence-electron chi connectivity index (χ3n) is 5.44. The molecule has 2 aromatic rings. The molecule has 1 aromatic carbocycles. The Labute approximate surface area is 167 Å². The van der Waals surface area contributed by atoms with E-state index in [9.17, 15) is 9.59 Å². The van der Waals surface area contributed by atoms with Gasteiger partial charge in [-0.25, -0.2) is 0 Å². The summed E-state index contributed by atoms with van der Waals surface area (Å²) in [6.07, 6.45) is 7.24. The molecule has 2 heterocycles. The lowest BCUT2D eigenvalue weighted by atomic mass is 9.99. The Morgan fingerprint density at radius 1 is 1.14 bits per heavy atom. The van der Waals surface area contributed by atoms with Gasteiger partial charge in [0.25, 0.3) is 11.8 Å². The summed E-state index contributed by atoms with van der Waals surface area (Å²) in [5.74, 6) is 0.151. The second kappa shape index (κ2) is 9.00. The lowest BCUT2D eigenvalue weighted by molar-refractivity contribution is 0.0607. The van der Waals surface area contributed by atoms with Crippen molar-refractivity contribution in [1.82, 2.24) is 9.88 Å². The van der Waals surface area contributed by atoms with E-state index in [1.807, 2.05) is 29.2 Å². The number of amides is 2. The Morgan fingerprint density at radius 3 is 2.54 bits per heavy atom. The van der Waals surface area contributed by atoms with E-state index in [-0.39, 0.29) is 17.9 Å². The molecular weight excluding hydrogens is 350 g/mol. The molecule has 0 radical (unpaired) electrons. The first-order valence-electron chi connectivity index (χ1n) is 10.2. The van der Waals surface area contributed by atoms with Crippen LogP contribution >= 0.6 is 0 Å². The number of piperidine rings is 1. The van der Waals surface area contributed by atoms with E-state index in [2.05, 4.69) is 31.1 Å². The number of aromatic nitrogens is 1. The summed E-state index contributed by atoms with van der Waals surface area (Å²) in [5.41, 5.74) is 2.82. The Bertz CT molecular complexity index is 830. The van der Waals surface area contributed by atoms with Crippen LogP contribution in [0.25, 0.3) is 0 Å². The number of nitrogens with one attached hydrogen (secondary N) is 1. The smallest absolute Gasteiger partial charge is 0.257 e. The van der Waals surface area contributed by atoms with Gasteiger partial charge in [0, 0.05) is 30.7 Å². The molecule has 0 aliphatic carbocycles. The summed E-state index contributed by atoms with van der Waals surface area (Å²) >= 11 is 0. The first-order valence-corrected chi connectivity index (χ1v) is 10.2. The first-order chi connectivity index (χ1) is 13.5. The van der Waals surface area contributed by atoms with Gasteiger partial charge in [-0.05, 0) is 55.4 Å². The van der Waals surface area contributed by atoms with Gasteiger partial charge in [0.05, 0.1) is 11.1 Å². The summed E-state index contributed by atoms with van der Waals surface area (Å²) in [4.78, 5) is 31.7. The van der Waals surface area contributed by atoms with Crippen molar-refractivity contribution >= 4 is 17.5 Å². The highest BCUT2D eigenvalue weighted by atomic mass is 16.2. The third-order valence-corrected chi connectivity index (χ3v) is 5.44. The fourth-order valence-electron chi connectivity index (χ4n) is 3.69. The van der Waals surface area contributed by atoms with Crippen molar-refractivity contribution < 1.29 is 9.59 Å². The minimum Gasteiger partial charge on any atom is -0.336 e. The van der Waals surface area contributed by atoms with Crippen LogP contribution in [0.5, 0.6) is 0 Å². The van der Waals surface area contributed by atoms with Gasteiger partial charge in [-0.1, -0.05) is 32.9 Å². The lowest BCUT2D eigenvalue weighted by Crippen LogP contribution is -2.43. The second-order valence-corrected chi connectivity index (χ2v) is 7.75. The van der Waals surface area contributed by atoms with Crippen LogP contribution in [0.2, 0.25) is 0 Å². The maximum Gasteiger partial charge on any atom is 0.257 e. The topological polar surface area (TPSA) is 62.3 Å². The summed E-state index contributed by atoms with van der Waals surface area (Å²) in [6.45, 7) is 7.15. The molecule has 5 nitrogen and oxygen atoms in total. The molecule has 2 amide bonds. The van der Waals surface area contributed by atoms with E-state index in [4.69, 9.17) is 0 Å². The normalized spacial score (nSPS) is 16.9. The number of pyridine rings is 1. The van der Waals surface area contributed by atoms with E-state index in [1.165, 1.54) is 18.2 Å². The Hall–Kier alpha value is -2.69. The molecule has 1 aliphatic rings. The van der Waals surface area contributed by atoms with Crippen LogP contribution in [0.1, 0.15) is 78.7 Å². The fraction of sp³-hybridized carbons (Fsp3) is 0.435. The van der Waals surface area contributed by atoms with Gasteiger partial charge in [0.15, 0.2) is 0 Å². The second-order valence-electron chi connectivity index (χ2n) is 7.75. The summed E-state index contributed by atoms with van der Waals surface area (Å²) in [5, 5.41) is 2.89. The number of rotatable bonds is 5. The van der Waals surface area contributed by atoms with Gasteiger partial charge < -0.3 is 10.2 Å². The number of carbonyl (C=O) groups is 2. The van der Waals surface area contributed by atoms with Crippen molar-refractivity contribution in [3.63, 3.8) is 0 Å². The van der Waals surface area contributed by atoms with Crippen LogP contribution in [0.3, 0.4) is 0 Å². The van der Waals surface area contributed by atoms with Crippen LogP contribution in [-0.2, 0) is 0 Å². The van der Waals surface area contributed by atoms with Crippen molar-refractivity contribution in [1.29, 1.82) is 0 Å². The molecule has 0 saturated carbocycles. The molecule has 1 fully saturated rings. The number of hydrogen-bond acceptors (Lipinski definition) is 3. The SMILES string of the molecule is CCC1CCCCN1C(=O)c1cncc(C(=O)Nc2ccc(C(C)C)cc2)c1. The molecule has 28 heavy (non-hydrogen) atoms. The quantitative estimate of drug-likeness (QED) is 0.807. The van der Waals surface area contributed by atoms with Crippen molar-refractivity contribution in [2.75, 3.05) is 11.9 Å². The summed E-state index contributed by atoms with van der Waals surface area (Å²) in [6, 6.07) is 9.75. The van der Waals surface area contributed by atoms with Gasteiger partial charge in [-0.2, -0.15) is 0 Å². The van der Waals surface area contributed by atoms with Crippen LogP contribution in [-0.4, -0.2) is 34.3 Å². The number of hydrogen-bond donors (Lipinski definition) is 1. The van der Waals surface area contributed by atoms with Gasteiger partial charge in [0.1, 0.15) is 0 Å².